The van der Waals surface area contributed by atoms with Crippen LogP contribution in [0.4, 0.5) is 0 Å². The second kappa shape index (κ2) is 6.18. The lowest BCUT2D eigenvalue weighted by molar-refractivity contribution is 0.377. The Labute approximate surface area is 105 Å². The maximum atomic E-state index is 3.72. The second-order valence-electron chi connectivity index (χ2n) is 5.20. The van der Waals surface area contributed by atoms with Crippen molar-refractivity contribution in [1.29, 1.82) is 0 Å². The van der Waals surface area contributed by atoms with Crippen LogP contribution in [0, 0.1) is 5.92 Å². The van der Waals surface area contributed by atoms with Crippen LogP contribution in [0.25, 0.3) is 0 Å². The minimum Gasteiger partial charge on any atom is -0.310 e. The van der Waals surface area contributed by atoms with E-state index in [1.807, 2.05) is 0 Å². The zero-order chi connectivity index (χ0) is 12.1. The van der Waals surface area contributed by atoms with E-state index < -0.39 is 0 Å². The highest BCUT2D eigenvalue weighted by molar-refractivity contribution is 5.18. The van der Waals surface area contributed by atoms with Crippen LogP contribution in [0.5, 0.6) is 0 Å². The largest absolute Gasteiger partial charge is 0.310 e. The lowest BCUT2D eigenvalue weighted by Gasteiger charge is -2.20. The fraction of sp³-hybridized carbons (Fsp3) is 0.600. The summed E-state index contributed by atoms with van der Waals surface area (Å²) in [6.07, 6.45) is 2.50. The quantitative estimate of drug-likeness (QED) is 0.839. The highest BCUT2D eigenvalue weighted by atomic mass is 15.1. The topological polar surface area (TPSA) is 15.3 Å². The minimum atomic E-state index is 0.516. The Morgan fingerprint density at radius 1 is 1.35 bits per heavy atom. The van der Waals surface area contributed by atoms with Crippen LogP contribution in [0.2, 0.25) is 0 Å². The summed E-state index contributed by atoms with van der Waals surface area (Å²) in [4.78, 5) is 2.43. The molecule has 1 aromatic rings. The van der Waals surface area contributed by atoms with Gasteiger partial charge in [-0.15, -0.1) is 0 Å². The first-order valence-corrected chi connectivity index (χ1v) is 6.76. The predicted octanol–water partition coefficient (Wildman–Crippen LogP) is 2.68. The summed E-state index contributed by atoms with van der Waals surface area (Å²) >= 11 is 0. The van der Waals surface area contributed by atoms with Gasteiger partial charge in [-0.3, -0.25) is 0 Å². The Bertz CT molecular complexity index is 323. The molecular weight excluding hydrogens is 208 g/mol. The van der Waals surface area contributed by atoms with Crippen LogP contribution in [-0.2, 0) is 0 Å². The maximum absolute atomic E-state index is 3.72. The third-order valence-corrected chi connectivity index (χ3v) is 3.75. The van der Waals surface area contributed by atoms with Crippen LogP contribution >= 0.6 is 0 Å². The number of hydrogen-bond acceptors (Lipinski definition) is 2. The smallest absolute Gasteiger partial charge is 0.0317 e. The normalized spacial score (nSPS) is 22.8. The fourth-order valence-corrected chi connectivity index (χ4v) is 2.69. The molecule has 1 aliphatic heterocycles. The number of nitrogens with one attached hydrogen (secondary N) is 1. The van der Waals surface area contributed by atoms with E-state index in [2.05, 4.69) is 54.5 Å². The number of likely N-dealkylation sites (tertiary alicyclic amines) is 1. The van der Waals surface area contributed by atoms with E-state index in [0.29, 0.717) is 6.04 Å². The highest BCUT2D eigenvalue weighted by Crippen LogP contribution is 2.18. The molecule has 2 heteroatoms. The molecular formula is C15H24N2. The third-order valence-electron chi connectivity index (χ3n) is 3.75. The first-order valence-electron chi connectivity index (χ1n) is 6.76. The van der Waals surface area contributed by atoms with Crippen molar-refractivity contribution in [3.8, 4) is 0 Å². The molecule has 1 aliphatic rings. The van der Waals surface area contributed by atoms with Gasteiger partial charge in [-0.2, -0.15) is 0 Å². The van der Waals surface area contributed by atoms with E-state index in [1.54, 1.807) is 0 Å². The SMILES string of the molecule is CCC(NCC1CCN(C)C1)c1ccccc1. The Hall–Kier alpha value is -0.860. The molecule has 1 saturated heterocycles. The summed E-state index contributed by atoms with van der Waals surface area (Å²) in [5, 5.41) is 3.72. The predicted molar refractivity (Wildman–Crippen MR) is 73.1 cm³/mol. The van der Waals surface area contributed by atoms with E-state index in [0.717, 1.165) is 18.9 Å². The van der Waals surface area contributed by atoms with Gasteiger partial charge in [0.25, 0.3) is 0 Å². The molecule has 1 N–H and O–H groups in total. The molecule has 1 aromatic carbocycles. The molecule has 0 aromatic heterocycles. The molecule has 2 atom stereocenters. The summed E-state index contributed by atoms with van der Waals surface area (Å²) in [5.41, 5.74) is 1.42. The van der Waals surface area contributed by atoms with Gasteiger partial charge in [0.1, 0.15) is 0 Å². The van der Waals surface area contributed by atoms with Gasteiger partial charge in [0.2, 0.25) is 0 Å². The molecule has 2 nitrogen and oxygen atoms in total. The molecule has 94 valence electrons. The van der Waals surface area contributed by atoms with Crippen LogP contribution in [-0.4, -0.2) is 31.6 Å². The van der Waals surface area contributed by atoms with Crippen molar-refractivity contribution in [2.24, 2.45) is 5.92 Å². The molecule has 0 spiro atoms. The van der Waals surface area contributed by atoms with Crippen molar-refractivity contribution in [3.05, 3.63) is 35.9 Å². The monoisotopic (exact) mass is 232 g/mol. The molecule has 0 aliphatic carbocycles. The summed E-state index contributed by atoms with van der Waals surface area (Å²) in [7, 11) is 2.22. The first-order chi connectivity index (χ1) is 8.29. The maximum Gasteiger partial charge on any atom is 0.0317 e. The first kappa shape index (κ1) is 12.6. The molecule has 1 heterocycles. The van der Waals surface area contributed by atoms with E-state index >= 15 is 0 Å². The Morgan fingerprint density at radius 2 is 2.12 bits per heavy atom. The summed E-state index contributed by atoms with van der Waals surface area (Å²) in [6.45, 7) is 5.91. The van der Waals surface area contributed by atoms with Crippen molar-refractivity contribution in [2.45, 2.75) is 25.8 Å². The van der Waals surface area contributed by atoms with E-state index in [4.69, 9.17) is 0 Å². The van der Waals surface area contributed by atoms with Gasteiger partial charge < -0.3 is 10.2 Å². The highest BCUT2D eigenvalue weighted by Gasteiger charge is 2.20. The summed E-state index contributed by atoms with van der Waals surface area (Å²) < 4.78 is 0. The molecule has 0 amide bonds. The summed E-state index contributed by atoms with van der Waals surface area (Å²) in [6, 6.07) is 11.3. The number of hydrogen-bond donors (Lipinski definition) is 1. The van der Waals surface area contributed by atoms with Crippen LogP contribution in [0.3, 0.4) is 0 Å². The van der Waals surface area contributed by atoms with E-state index in [9.17, 15) is 0 Å². The standard InChI is InChI=1S/C15H24N2/c1-3-15(14-7-5-4-6-8-14)16-11-13-9-10-17(2)12-13/h4-8,13,15-16H,3,9-12H2,1-2H3. The van der Waals surface area contributed by atoms with Gasteiger partial charge in [-0.25, -0.2) is 0 Å². The van der Waals surface area contributed by atoms with Gasteiger partial charge in [0, 0.05) is 12.6 Å². The van der Waals surface area contributed by atoms with Crippen molar-refractivity contribution in [1.82, 2.24) is 10.2 Å². The molecule has 17 heavy (non-hydrogen) atoms. The number of benzene rings is 1. The second-order valence-corrected chi connectivity index (χ2v) is 5.20. The molecule has 2 rings (SSSR count). The number of nitrogens with zero attached hydrogens (tertiary/aromatic N) is 1. The molecule has 0 radical (unpaired) electrons. The molecule has 1 fully saturated rings. The zero-order valence-electron chi connectivity index (χ0n) is 11.0. The lowest BCUT2D eigenvalue weighted by atomic mass is 10.0. The average molecular weight is 232 g/mol. The van der Waals surface area contributed by atoms with E-state index in [1.165, 1.54) is 25.1 Å². The lowest BCUT2D eigenvalue weighted by Crippen LogP contribution is -2.28. The van der Waals surface area contributed by atoms with E-state index in [-0.39, 0.29) is 0 Å². The minimum absolute atomic E-state index is 0.516. The van der Waals surface area contributed by atoms with Gasteiger partial charge in [0.05, 0.1) is 0 Å². The fourth-order valence-electron chi connectivity index (χ4n) is 2.69. The van der Waals surface area contributed by atoms with Gasteiger partial charge in [-0.1, -0.05) is 37.3 Å². The zero-order valence-corrected chi connectivity index (χ0v) is 11.0. The Balaban J connectivity index is 1.84. The van der Waals surface area contributed by atoms with Crippen molar-refractivity contribution >= 4 is 0 Å². The third kappa shape index (κ3) is 3.55. The van der Waals surface area contributed by atoms with Crippen LogP contribution < -0.4 is 5.32 Å². The van der Waals surface area contributed by atoms with Crippen molar-refractivity contribution < 1.29 is 0 Å². The molecule has 2 unspecified atom stereocenters. The Kier molecular flexibility index (Phi) is 4.57. The Morgan fingerprint density at radius 3 is 2.71 bits per heavy atom. The average Bonchev–Trinajstić information content (AvgIpc) is 2.77. The van der Waals surface area contributed by atoms with Gasteiger partial charge in [-0.05, 0) is 44.5 Å². The van der Waals surface area contributed by atoms with Crippen molar-refractivity contribution in [2.75, 3.05) is 26.7 Å². The van der Waals surface area contributed by atoms with Crippen molar-refractivity contribution in [3.63, 3.8) is 0 Å². The van der Waals surface area contributed by atoms with Crippen LogP contribution in [0.1, 0.15) is 31.4 Å². The van der Waals surface area contributed by atoms with Crippen LogP contribution in [0.15, 0.2) is 30.3 Å². The number of rotatable bonds is 5. The molecule has 0 saturated carbocycles. The van der Waals surface area contributed by atoms with Gasteiger partial charge in [0.15, 0.2) is 0 Å². The van der Waals surface area contributed by atoms with Gasteiger partial charge >= 0.3 is 0 Å². The molecule has 0 bridgehead atoms. The summed E-state index contributed by atoms with van der Waals surface area (Å²) in [5.74, 6) is 0.831.